The van der Waals surface area contributed by atoms with Gasteiger partial charge in [0.1, 0.15) is 5.82 Å². The number of benzene rings is 1. The molecule has 0 aliphatic heterocycles. The first-order valence-electron chi connectivity index (χ1n) is 5.45. The molecule has 0 saturated carbocycles. The van der Waals surface area contributed by atoms with E-state index in [0.717, 1.165) is 6.07 Å². The zero-order valence-electron chi connectivity index (χ0n) is 10.00. The third-order valence-corrected chi connectivity index (χ3v) is 2.30. The van der Waals surface area contributed by atoms with Crippen LogP contribution in [0.2, 0.25) is 0 Å². The number of ether oxygens (including phenoxy) is 1. The molecule has 0 radical (unpaired) electrons. The summed E-state index contributed by atoms with van der Waals surface area (Å²) in [6, 6.07) is 1.67. The fraction of sp³-hybridized carbons (Fsp3) is 0.417. The number of aliphatic hydroxyl groups is 1. The molecule has 0 aliphatic carbocycles. The van der Waals surface area contributed by atoms with Crippen molar-refractivity contribution in [3.05, 3.63) is 35.1 Å². The summed E-state index contributed by atoms with van der Waals surface area (Å²) in [6.07, 6.45) is -6.80. The predicted octanol–water partition coefficient (Wildman–Crippen LogP) is 2.83. The molecule has 0 aromatic heterocycles. The summed E-state index contributed by atoms with van der Waals surface area (Å²) in [4.78, 5) is 11.1. The van der Waals surface area contributed by atoms with Gasteiger partial charge in [-0.2, -0.15) is 13.2 Å². The normalized spacial score (nSPS) is 13.2. The highest BCUT2D eigenvalue weighted by Gasteiger charge is 2.32. The molecule has 0 aliphatic rings. The lowest BCUT2D eigenvalue weighted by molar-refractivity contribution is -0.145. The van der Waals surface area contributed by atoms with Crippen molar-refractivity contribution < 1.29 is 32.2 Å². The topological polar surface area (TPSA) is 46.5 Å². The molecular formula is C12H12F4O3. The van der Waals surface area contributed by atoms with E-state index in [4.69, 9.17) is 0 Å². The molecule has 0 fully saturated rings. The third kappa shape index (κ3) is 4.51. The number of rotatable bonds is 4. The van der Waals surface area contributed by atoms with Crippen LogP contribution in [0.25, 0.3) is 0 Å². The minimum absolute atomic E-state index is 0.0858. The predicted molar refractivity (Wildman–Crippen MR) is 57.6 cm³/mol. The Morgan fingerprint density at radius 2 is 2.00 bits per heavy atom. The molecule has 7 heteroatoms. The fourth-order valence-electron chi connectivity index (χ4n) is 1.46. The van der Waals surface area contributed by atoms with Crippen LogP contribution < -0.4 is 0 Å². The number of alkyl halides is 3. The molecule has 0 bridgehead atoms. The Balaban J connectivity index is 2.94. The summed E-state index contributed by atoms with van der Waals surface area (Å²) >= 11 is 0. The molecule has 1 aromatic rings. The Bertz CT molecular complexity index is 457. The van der Waals surface area contributed by atoms with Gasteiger partial charge in [0.25, 0.3) is 0 Å². The molecule has 3 nitrogen and oxygen atoms in total. The van der Waals surface area contributed by atoms with Crippen molar-refractivity contribution in [2.45, 2.75) is 25.6 Å². The van der Waals surface area contributed by atoms with Gasteiger partial charge in [-0.15, -0.1) is 0 Å². The lowest BCUT2D eigenvalue weighted by atomic mass is 10.0. The fourth-order valence-corrected chi connectivity index (χ4v) is 1.46. The second-order valence-corrected chi connectivity index (χ2v) is 3.80. The zero-order chi connectivity index (χ0) is 14.6. The van der Waals surface area contributed by atoms with E-state index in [-0.39, 0.29) is 12.2 Å². The van der Waals surface area contributed by atoms with E-state index in [2.05, 4.69) is 4.74 Å². The molecule has 0 amide bonds. The highest BCUT2D eigenvalue weighted by molar-refractivity contribution is 5.70. The number of aliphatic hydroxyl groups excluding tert-OH is 1. The van der Waals surface area contributed by atoms with Gasteiger partial charge < -0.3 is 9.84 Å². The monoisotopic (exact) mass is 280 g/mol. The van der Waals surface area contributed by atoms with E-state index in [1.807, 2.05) is 0 Å². The minimum atomic E-state index is -4.72. The van der Waals surface area contributed by atoms with E-state index in [1.54, 1.807) is 6.92 Å². The smallest absolute Gasteiger partial charge is 0.416 e. The molecule has 1 unspecified atom stereocenters. The van der Waals surface area contributed by atoms with E-state index < -0.39 is 36.1 Å². The lowest BCUT2D eigenvalue weighted by Crippen LogP contribution is -2.12. The standard InChI is InChI=1S/C12H12F4O3/c1-2-19-11(18)6-10(17)7-3-8(12(14,15)16)5-9(13)4-7/h3-5,10,17H,2,6H2,1H3. The van der Waals surface area contributed by atoms with Gasteiger partial charge in [0.15, 0.2) is 0 Å². The van der Waals surface area contributed by atoms with E-state index in [9.17, 15) is 27.5 Å². The summed E-state index contributed by atoms with van der Waals surface area (Å²) in [5.74, 6) is -1.90. The van der Waals surface area contributed by atoms with E-state index in [1.165, 1.54) is 0 Å². The summed E-state index contributed by atoms with van der Waals surface area (Å²) in [6.45, 7) is 1.64. The summed E-state index contributed by atoms with van der Waals surface area (Å²) < 4.78 is 55.0. The number of halogens is 4. The molecule has 0 heterocycles. The van der Waals surface area contributed by atoms with Gasteiger partial charge in [-0.1, -0.05) is 0 Å². The molecular weight excluding hydrogens is 268 g/mol. The molecule has 19 heavy (non-hydrogen) atoms. The molecule has 106 valence electrons. The first kappa shape index (κ1) is 15.4. The van der Waals surface area contributed by atoms with Crippen molar-refractivity contribution in [3.8, 4) is 0 Å². The van der Waals surface area contributed by atoms with Crippen LogP contribution in [-0.4, -0.2) is 17.7 Å². The van der Waals surface area contributed by atoms with Crippen molar-refractivity contribution in [2.24, 2.45) is 0 Å². The van der Waals surface area contributed by atoms with Crippen LogP contribution in [0.3, 0.4) is 0 Å². The van der Waals surface area contributed by atoms with Gasteiger partial charge in [0.05, 0.1) is 24.7 Å². The summed E-state index contributed by atoms with van der Waals surface area (Å²) in [7, 11) is 0. The SMILES string of the molecule is CCOC(=O)CC(O)c1cc(F)cc(C(F)(F)F)c1. The van der Waals surface area contributed by atoms with E-state index >= 15 is 0 Å². The zero-order valence-corrected chi connectivity index (χ0v) is 10.00. The average molecular weight is 280 g/mol. The van der Waals surface area contributed by atoms with E-state index in [0.29, 0.717) is 12.1 Å². The van der Waals surface area contributed by atoms with Crippen molar-refractivity contribution in [3.63, 3.8) is 0 Å². The highest BCUT2D eigenvalue weighted by Crippen LogP contribution is 2.32. The van der Waals surface area contributed by atoms with Crippen LogP contribution in [0.15, 0.2) is 18.2 Å². The van der Waals surface area contributed by atoms with Crippen molar-refractivity contribution >= 4 is 5.97 Å². The summed E-state index contributed by atoms with van der Waals surface area (Å²) in [5.41, 5.74) is -1.54. The Morgan fingerprint density at radius 3 is 2.53 bits per heavy atom. The quantitative estimate of drug-likeness (QED) is 0.681. The maximum absolute atomic E-state index is 13.1. The third-order valence-electron chi connectivity index (χ3n) is 2.30. The van der Waals surface area contributed by atoms with Crippen LogP contribution in [0.5, 0.6) is 0 Å². The number of carbonyl (C=O) groups excluding carboxylic acids is 1. The number of hydrogen-bond donors (Lipinski definition) is 1. The van der Waals surface area contributed by atoms with Crippen molar-refractivity contribution in [1.29, 1.82) is 0 Å². The lowest BCUT2D eigenvalue weighted by Gasteiger charge is -2.13. The van der Waals surface area contributed by atoms with Gasteiger partial charge in [0.2, 0.25) is 0 Å². The van der Waals surface area contributed by atoms with Crippen LogP contribution in [0.4, 0.5) is 17.6 Å². The Kier molecular flexibility index (Phi) is 4.88. The number of esters is 1. The van der Waals surface area contributed by atoms with Gasteiger partial charge in [0, 0.05) is 0 Å². The summed E-state index contributed by atoms with van der Waals surface area (Å²) in [5, 5.41) is 9.60. The Hall–Kier alpha value is -1.63. The molecule has 1 N–H and O–H groups in total. The van der Waals surface area contributed by atoms with Crippen molar-refractivity contribution in [2.75, 3.05) is 6.61 Å². The molecule has 0 spiro atoms. The Morgan fingerprint density at radius 1 is 1.37 bits per heavy atom. The Labute approximate surface area is 106 Å². The number of carbonyl (C=O) groups is 1. The maximum atomic E-state index is 13.1. The molecule has 1 aromatic carbocycles. The second kappa shape index (κ2) is 6.01. The highest BCUT2D eigenvalue weighted by atomic mass is 19.4. The molecule has 0 saturated heterocycles. The van der Waals surface area contributed by atoms with Crippen LogP contribution in [-0.2, 0) is 15.7 Å². The van der Waals surface area contributed by atoms with Gasteiger partial charge in [-0.25, -0.2) is 4.39 Å². The van der Waals surface area contributed by atoms with Gasteiger partial charge in [-0.05, 0) is 30.7 Å². The maximum Gasteiger partial charge on any atom is 0.416 e. The van der Waals surface area contributed by atoms with Crippen LogP contribution in [0.1, 0.15) is 30.6 Å². The van der Waals surface area contributed by atoms with Gasteiger partial charge >= 0.3 is 12.1 Å². The van der Waals surface area contributed by atoms with Crippen LogP contribution >= 0.6 is 0 Å². The largest absolute Gasteiger partial charge is 0.466 e. The first-order chi connectivity index (χ1) is 8.74. The number of hydrogen-bond acceptors (Lipinski definition) is 3. The second-order valence-electron chi connectivity index (χ2n) is 3.80. The average Bonchev–Trinajstić information content (AvgIpc) is 2.27. The minimum Gasteiger partial charge on any atom is -0.466 e. The first-order valence-corrected chi connectivity index (χ1v) is 5.45. The van der Waals surface area contributed by atoms with Crippen LogP contribution in [0, 0.1) is 5.82 Å². The van der Waals surface area contributed by atoms with Crippen molar-refractivity contribution in [1.82, 2.24) is 0 Å². The molecule has 1 atom stereocenters. The van der Waals surface area contributed by atoms with Gasteiger partial charge in [-0.3, -0.25) is 4.79 Å². The molecule has 1 rings (SSSR count).